The summed E-state index contributed by atoms with van der Waals surface area (Å²) in [6.45, 7) is 0. The highest BCUT2D eigenvalue weighted by Gasteiger charge is 2.24. The van der Waals surface area contributed by atoms with Crippen LogP contribution in [0.1, 0.15) is 48.0 Å². The number of benzene rings is 2. The molecule has 0 radical (unpaired) electrons. The van der Waals surface area contributed by atoms with Gasteiger partial charge in [0.25, 0.3) is 0 Å². The fourth-order valence-electron chi connectivity index (χ4n) is 2.89. The van der Waals surface area contributed by atoms with Gasteiger partial charge in [-0.15, -0.1) is 0 Å². The molecule has 20 heavy (non-hydrogen) atoms. The monoisotopic (exact) mass is 270 g/mol. The van der Waals surface area contributed by atoms with Crippen LogP contribution >= 0.6 is 0 Å². The van der Waals surface area contributed by atoms with E-state index in [2.05, 4.69) is 6.07 Å². The van der Waals surface area contributed by atoms with E-state index in [1.54, 1.807) is 12.1 Å². The predicted octanol–water partition coefficient (Wildman–Crippen LogP) is 4.37. The summed E-state index contributed by atoms with van der Waals surface area (Å²) in [5.41, 5.74) is 2.77. The minimum absolute atomic E-state index is 0.243. The molecule has 1 fully saturated rings. The van der Waals surface area contributed by atoms with Crippen molar-refractivity contribution in [1.29, 1.82) is 0 Å². The summed E-state index contributed by atoms with van der Waals surface area (Å²) < 4.78 is 13.7. The summed E-state index contributed by atoms with van der Waals surface area (Å²) in [6.07, 6.45) is 3.36. The molecule has 0 saturated heterocycles. The van der Waals surface area contributed by atoms with Gasteiger partial charge >= 0.3 is 0 Å². The van der Waals surface area contributed by atoms with Crippen LogP contribution in [-0.4, -0.2) is 5.11 Å². The van der Waals surface area contributed by atoms with Crippen molar-refractivity contribution in [2.24, 2.45) is 0 Å². The van der Waals surface area contributed by atoms with E-state index in [0.717, 1.165) is 5.56 Å². The smallest absolute Gasteiger partial charge is 0.126 e. The maximum atomic E-state index is 13.7. The second-order valence-electron chi connectivity index (χ2n) is 5.57. The van der Waals surface area contributed by atoms with Crippen molar-refractivity contribution in [2.75, 3.05) is 0 Å². The van der Waals surface area contributed by atoms with Crippen molar-refractivity contribution in [3.8, 4) is 0 Å². The van der Waals surface area contributed by atoms with Crippen LogP contribution in [0.15, 0.2) is 48.5 Å². The van der Waals surface area contributed by atoms with Crippen molar-refractivity contribution >= 4 is 0 Å². The zero-order valence-corrected chi connectivity index (χ0v) is 11.4. The SMILES string of the molecule is OC(Cc1ccccc1F)c1ccccc1C1CCC1. The summed E-state index contributed by atoms with van der Waals surface area (Å²) in [5.74, 6) is 0.328. The zero-order valence-electron chi connectivity index (χ0n) is 11.4. The Bertz CT molecular complexity index is 589. The lowest BCUT2D eigenvalue weighted by Gasteiger charge is -2.29. The van der Waals surface area contributed by atoms with Gasteiger partial charge in [0.1, 0.15) is 5.82 Å². The van der Waals surface area contributed by atoms with Crippen LogP contribution in [0.25, 0.3) is 0 Å². The molecule has 2 heteroatoms. The predicted molar refractivity (Wildman–Crippen MR) is 78.1 cm³/mol. The van der Waals surface area contributed by atoms with Gasteiger partial charge in [0, 0.05) is 6.42 Å². The van der Waals surface area contributed by atoms with Crippen LogP contribution in [0.4, 0.5) is 4.39 Å². The Hall–Kier alpha value is -1.67. The molecule has 0 aliphatic heterocycles. The van der Waals surface area contributed by atoms with Crippen LogP contribution in [0.3, 0.4) is 0 Å². The van der Waals surface area contributed by atoms with Gasteiger partial charge in [-0.3, -0.25) is 0 Å². The highest BCUT2D eigenvalue weighted by molar-refractivity contribution is 5.34. The lowest BCUT2D eigenvalue weighted by atomic mass is 9.77. The first kappa shape index (κ1) is 13.3. The second-order valence-corrected chi connectivity index (χ2v) is 5.57. The molecule has 0 bridgehead atoms. The van der Waals surface area contributed by atoms with Gasteiger partial charge in [0.05, 0.1) is 6.10 Å². The number of hydrogen-bond acceptors (Lipinski definition) is 1. The van der Waals surface area contributed by atoms with Gasteiger partial charge in [0.2, 0.25) is 0 Å². The fourth-order valence-corrected chi connectivity index (χ4v) is 2.89. The molecule has 1 aliphatic rings. The van der Waals surface area contributed by atoms with E-state index in [1.807, 2.05) is 24.3 Å². The topological polar surface area (TPSA) is 20.2 Å². The summed E-state index contributed by atoms with van der Waals surface area (Å²) in [6, 6.07) is 14.7. The van der Waals surface area contributed by atoms with Crippen LogP contribution in [0.5, 0.6) is 0 Å². The molecule has 0 spiro atoms. The third-order valence-corrected chi connectivity index (χ3v) is 4.27. The van der Waals surface area contributed by atoms with E-state index in [-0.39, 0.29) is 5.82 Å². The first-order valence-electron chi connectivity index (χ1n) is 7.26. The minimum atomic E-state index is -0.635. The molecular weight excluding hydrogens is 251 g/mol. The second kappa shape index (κ2) is 5.76. The zero-order chi connectivity index (χ0) is 13.9. The van der Waals surface area contributed by atoms with E-state index < -0.39 is 6.10 Å². The van der Waals surface area contributed by atoms with Gasteiger partial charge in [0.15, 0.2) is 0 Å². The molecule has 1 unspecified atom stereocenters. The Morgan fingerprint density at radius 3 is 2.45 bits per heavy atom. The van der Waals surface area contributed by atoms with Crippen molar-refractivity contribution in [1.82, 2.24) is 0 Å². The van der Waals surface area contributed by atoms with E-state index in [0.29, 0.717) is 17.9 Å². The van der Waals surface area contributed by atoms with Gasteiger partial charge < -0.3 is 5.11 Å². The van der Waals surface area contributed by atoms with E-state index in [1.165, 1.54) is 30.9 Å². The van der Waals surface area contributed by atoms with Gasteiger partial charge in [-0.1, -0.05) is 48.9 Å². The van der Waals surface area contributed by atoms with E-state index in [4.69, 9.17) is 0 Å². The van der Waals surface area contributed by atoms with Crippen molar-refractivity contribution in [3.63, 3.8) is 0 Å². The molecule has 1 atom stereocenters. The third kappa shape index (κ3) is 2.61. The number of hydrogen-bond donors (Lipinski definition) is 1. The van der Waals surface area contributed by atoms with Crippen LogP contribution in [-0.2, 0) is 6.42 Å². The summed E-state index contributed by atoms with van der Waals surface area (Å²) in [4.78, 5) is 0. The highest BCUT2D eigenvalue weighted by atomic mass is 19.1. The molecule has 1 aliphatic carbocycles. The van der Waals surface area contributed by atoms with E-state index in [9.17, 15) is 9.50 Å². The maximum absolute atomic E-state index is 13.7. The molecule has 0 heterocycles. The summed E-state index contributed by atoms with van der Waals surface area (Å²) in [7, 11) is 0. The molecule has 1 N–H and O–H groups in total. The molecule has 0 amide bonds. The molecule has 1 nitrogen and oxygen atoms in total. The average molecular weight is 270 g/mol. The molecule has 104 valence electrons. The molecule has 2 aromatic carbocycles. The first-order valence-corrected chi connectivity index (χ1v) is 7.26. The number of aliphatic hydroxyl groups excluding tert-OH is 1. The first-order chi connectivity index (χ1) is 9.75. The van der Waals surface area contributed by atoms with Gasteiger partial charge in [-0.05, 0) is 41.5 Å². The van der Waals surface area contributed by atoms with Crippen molar-refractivity contribution in [3.05, 3.63) is 71.0 Å². The number of halogens is 1. The van der Waals surface area contributed by atoms with Crippen LogP contribution < -0.4 is 0 Å². The van der Waals surface area contributed by atoms with Crippen LogP contribution in [0, 0.1) is 5.82 Å². The van der Waals surface area contributed by atoms with E-state index >= 15 is 0 Å². The molecule has 1 saturated carbocycles. The third-order valence-electron chi connectivity index (χ3n) is 4.27. The Balaban J connectivity index is 1.83. The average Bonchev–Trinajstić information content (AvgIpc) is 2.40. The molecular formula is C18H19FO. The fraction of sp³-hybridized carbons (Fsp3) is 0.333. The Morgan fingerprint density at radius 2 is 1.75 bits per heavy atom. The minimum Gasteiger partial charge on any atom is -0.388 e. The Morgan fingerprint density at radius 1 is 1.05 bits per heavy atom. The normalized spacial score (nSPS) is 16.7. The summed E-state index contributed by atoms with van der Waals surface area (Å²) >= 11 is 0. The number of rotatable bonds is 4. The van der Waals surface area contributed by atoms with Gasteiger partial charge in [-0.2, -0.15) is 0 Å². The maximum Gasteiger partial charge on any atom is 0.126 e. The summed E-state index contributed by atoms with van der Waals surface area (Å²) in [5, 5.41) is 10.5. The quantitative estimate of drug-likeness (QED) is 0.874. The Kier molecular flexibility index (Phi) is 3.83. The molecule has 0 aromatic heterocycles. The lowest BCUT2D eigenvalue weighted by molar-refractivity contribution is 0.174. The van der Waals surface area contributed by atoms with Crippen molar-refractivity contribution in [2.45, 2.75) is 37.7 Å². The molecule has 2 aromatic rings. The van der Waals surface area contributed by atoms with Crippen LogP contribution in [0.2, 0.25) is 0 Å². The Labute approximate surface area is 119 Å². The van der Waals surface area contributed by atoms with Crippen molar-refractivity contribution < 1.29 is 9.50 Å². The highest BCUT2D eigenvalue weighted by Crippen LogP contribution is 2.39. The number of aliphatic hydroxyl groups is 1. The standard InChI is InChI=1S/C18H19FO/c19-17-11-4-1-6-14(17)12-18(20)16-10-3-2-9-15(16)13-7-5-8-13/h1-4,6,9-11,13,18,20H,5,7-8,12H2. The largest absolute Gasteiger partial charge is 0.388 e. The van der Waals surface area contributed by atoms with Gasteiger partial charge in [-0.25, -0.2) is 4.39 Å². The molecule has 3 rings (SSSR count). The lowest BCUT2D eigenvalue weighted by Crippen LogP contribution is -2.14.